The van der Waals surface area contributed by atoms with Crippen molar-refractivity contribution in [3.8, 4) is 16.9 Å². The normalized spacial score (nSPS) is 28.8. The summed E-state index contributed by atoms with van der Waals surface area (Å²) in [6, 6.07) is 6.12. The van der Waals surface area contributed by atoms with E-state index >= 15 is 0 Å². The number of ether oxygens (including phenoxy) is 1. The van der Waals surface area contributed by atoms with Crippen molar-refractivity contribution >= 4 is 27.4 Å². The van der Waals surface area contributed by atoms with Crippen LogP contribution in [-0.4, -0.2) is 66.7 Å². The minimum absolute atomic E-state index is 0.308. The Morgan fingerprint density at radius 2 is 1.98 bits per heavy atom. The molecule has 3 aromatic heterocycles. The van der Waals surface area contributed by atoms with Crippen LogP contribution in [0.15, 0.2) is 41.3 Å². The molecular weight excluding hydrogens is 666 g/mol. The summed E-state index contributed by atoms with van der Waals surface area (Å²) >= 11 is 3.78. The molecule has 1 saturated heterocycles. The van der Waals surface area contributed by atoms with Gasteiger partial charge in [0.25, 0.3) is 0 Å². The number of nitrogens with zero attached hydrogens (tertiary/aromatic N) is 6. The quantitative estimate of drug-likeness (QED) is 0.173. The number of rotatable bonds is 9. The lowest BCUT2D eigenvalue weighted by Gasteiger charge is -2.50. The first-order valence-electron chi connectivity index (χ1n) is 18.3. The Bertz CT molecular complexity index is 1790. The topological polar surface area (TPSA) is 107 Å². The van der Waals surface area contributed by atoms with Crippen molar-refractivity contribution in [1.82, 2.24) is 29.3 Å². The smallest absolute Gasteiger partial charge is 0.165 e. The Hall–Kier alpha value is -2.95. The third-order valence-electron chi connectivity index (χ3n) is 12.6. The number of aromatic nitrogens is 5. The van der Waals surface area contributed by atoms with Gasteiger partial charge in [-0.05, 0) is 146 Å². The molecule has 4 heterocycles. The maximum atomic E-state index is 10.0. The van der Waals surface area contributed by atoms with Gasteiger partial charge in [0.2, 0.25) is 0 Å². The number of unbranched alkanes of at least 4 members (excludes halogenated alkanes) is 2. The van der Waals surface area contributed by atoms with Gasteiger partial charge in [-0.25, -0.2) is 4.98 Å². The molecule has 3 N–H and O–H groups in total. The van der Waals surface area contributed by atoms with E-state index in [-0.39, 0.29) is 0 Å². The molecule has 10 heteroatoms. The third kappa shape index (κ3) is 5.75. The highest BCUT2D eigenvalue weighted by atomic mass is 79.9. The molecule has 0 spiro atoms. The average Bonchev–Trinajstić information content (AvgIpc) is 3.80. The van der Waals surface area contributed by atoms with Crippen LogP contribution in [0.5, 0.6) is 5.75 Å². The zero-order valence-electron chi connectivity index (χ0n) is 28.5. The zero-order valence-corrected chi connectivity index (χ0v) is 30.0. The molecule has 4 aliphatic rings. The minimum Gasteiger partial charge on any atom is -0.508 e. The molecular formula is C38H50BrN7O2. The molecule has 6 atom stereocenters. The Kier molecular flexibility index (Phi) is 8.78. The number of fused-ring (bicyclic) bond motifs is 6. The molecule has 3 aliphatic carbocycles. The predicted octanol–water partition coefficient (Wildman–Crippen LogP) is 7.47. The number of aromatic hydroxyl groups is 1. The van der Waals surface area contributed by atoms with Gasteiger partial charge in [0.05, 0.1) is 28.7 Å². The van der Waals surface area contributed by atoms with Gasteiger partial charge in [0, 0.05) is 43.4 Å². The minimum atomic E-state index is 0.308. The first kappa shape index (κ1) is 32.3. The lowest BCUT2D eigenvalue weighted by molar-refractivity contribution is -0.0647. The standard InChI is InChI=1S/C38H50BrN7O2/c1-38-15-14-29-28-11-9-27(47)19-24(28)8-10-30(29)32(38)12-13-33(38)48-18-5-3-4-16-45-17-6-7-25(23-45)35-34(39)36(40)46-37(43-35)31(21-42-46)26-20-41-44(2)22-26/h9,11,19-22,25,29-30,32-33,47H,3-8,10,12-18,23,40H2,1-2H3/t25-,29-,30-,32+,33+,38+/m1/s1. The van der Waals surface area contributed by atoms with E-state index in [9.17, 15) is 5.11 Å². The summed E-state index contributed by atoms with van der Waals surface area (Å²) < 4.78 is 11.1. The fourth-order valence-corrected chi connectivity index (χ4v) is 10.7. The number of hydrogen-bond acceptors (Lipinski definition) is 7. The molecule has 48 heavy (non-hydrogen) atoms. The lowest BCUT2D eigenvalue weighted by Crippen LogP contribution is -2.44. The second-order valence-corrected chi connectivity index (χ2v) is 16.2. The van der Waals surface area contributed by atoms with Gasteiger partial charge in [0.15, 0.2) is 5.65 Å². The molecule has 8 rings (SSSR count). The highest BCUT2D eigenvalue weighted by molar-refractivity contribution is 9.10. The van der Waals surface area contributed by atoms with Crippen LogP contribution in [0.2, 0.25) is 0 Å². The Balaban J connectivity index is 0.825. The largest absolute Gasteiger partial charge is 0.508 e. The summed E-state index contributed by atoms with van der Waals surface area (Å²) in [4.78, 5) is 7.77. The highest BCUT2D eigenvalue weighted by Crippen LogP contribution is 2.61. The molecule has 1 aliphatic heterocycles. The van der Waals surface area contributed by atoms with Crippen LogP contribution in [0.1, 0.15) is 99.8 Å². The molecule has 0 amide bonds. The number of likely N-dealkylation sites (tertiary alicyclic amines) is 1. The molecule has 0 unspecified atom stereocenters. The summed E-state index contributed by atoms with van der Waals surface area (Å²) in [5, 5.41) is 18.9. The van der Waals surface area contributed by atoms with E-state index in [0.29, 0.717) is 34.9 Å². The van der Waals surface area contributed by atoms with Crippen LogP contribution in [0, 0.1) is 17.3 Å². The van der Waals surface area contributed by atoms with Gasteiger partial charge in [-0.15, -0.1) is 0 Å². The van der Waals surface area contributed by atoms with E-state index in [2.05, 4.69) is 44.0 Å². The van der Waals surface area contributed by atoms with Crippen LogP contribution >= 0.6 is 15.9 Å². The van der Waals surface area contributed by atoms with E-state index in [4.69, 9.17) is 15.5 Å². The number of halogens is 1. The number of hydrogen-bond donors (Lipinski definition) is 2. The molecule has 1 aromatic carbocycles. The van der Waals surface area contributed by atoms with Gasteiger partial charge in [-0.1, -0.05) is 13.0 Å². The van der Waals surface area contributed by atoms with Crippen LogP contribution in [0.3, 0.4) is 0 Å². The maximum Gasteiger partial charge on any atom is 0.165 e. The molecule has 4 aromatic rings. The van der Waals surface area contributed by atoms with E-state index in [1.54, 1.807) is 9.20 Å². The fourth-order valence-electron chi connectivity index (χ4n) is 10.2. The van der Waals surface area contributed by atoms with Gasteiger partial charge in [-0.2, -0.15) is 14.7 Å². The lowest BCUT2D eigenvalue weighted by atomic mass is 9.55. The molecule has 2 saturated carbocycles. The molecule has 9 nitrogen and oxygen atoms in total. The van der Waals surface area contributed by atoms with E-state index in [1.807, 2.05) is 37.8 Å². The molecule has 3 fully saturated rings. The zero-order chi connectivity index (χ0) is 33.0. The van der Waals surface area contributed by atoms with E-state index < -0.39 is 0 Å². The first-order valence-corrected chi connectivity index (χ1v) is 19.1. The van der Waals surface area contributed by atoms with E-state index in [0.717, 1.165) is 84.3 Å². The van der Waals surface area contributed by atoms with Crippen molar-refractivity contribution in [1.29, 1.82) is 0 Å². The van der Waals surface area contributed by atoms with Crippen molar-refractivity contribution in [2.24, 2.45) is 24.3 Å². The molecule has 0 radical (unpaired) electrons. The number of benzene rings is 1. The molecule has 0 bridgehead atoms. The average molecular weight is 717 g/mol. The van der Waals surface area contributed by atoms with Gasteiger partial charge in [-0.3, -0.25) is 4.68 Å². The fraction of sp³-hybridized carbons (Fsp3) is 0.605. The van der Waals surface area contributed by atoms with E-state index in [1.165, 1.54) is 62.5 Å². The van der Waals surface area contributed by atoms with Crippen molar-refractivity contribution in [3.05, 3.63) is 58.1 Å². The third-order valence-corrected chi connectivity index (χ3v) is 13.4. The highest BCUT2D eigenvalue weighted by Gasteiger charge is 2.55. The van der Waals surface area contributed by atoms with Crippen molar-refractivity contribution < 1.29 is 9.84 Å². The molecule has 256 valence electrons. The van der Waals surface area contributed by atoms with Crippen molar-refractivity contribution in [2.75, 3.05) is 32.0 Å². The number of piperidine rings is 1. The Labute approximate surface area is 292 Å². The van der Waals surface area contributed by atoms with Crippen LogP contribution in [0.25, 0.3) is 16.8 Å². The number of nitrogen functional groups attached to an aromatic ring is 1. The number of phenols is 1. The van der Waals surface area contributed by atoms with Gasteiger partial charge < -0.3 is 20.5 Å². The number of phenolic OH excluding ortho intramolecular Hbond substituents is 1. The number of anilines is 1. The number of nitrogens with two attached hydrogens (primary N) is 1. The maximum absolute atomic E-state index is 10.0. The second kappa shape index (κ2) is 13.1. The first-order chi connectivity index (χ1) is 23.3. The van der Waals surface area contributed by atoms with Gasteiger partial charge in [0.1, 0.15) is 11.6 Å². The van der Waals surface area contributed by atoms with Crippen molar-refractivity contribution in [3.63, 3.8) is 0 Å². The van der Waals surface area contributed by atoms with Gasteiger partial charge >= 0.3 is 0 Å². The van der Waals surface area contributed by atoms with Crippen LogP contribution < -0.4 is 5.73 Å². The summed E-state index contributed by atoms with van der Waals surface area (Å²) in [6.45, 7) is 6.68. The number of aryl methyl sites for hydroxylation is 2. The Morgan fingerprint density at radius 1 is 1.08 bits per heavy atom. The second-order valence-electron chi connectivity index (χ2n) is 15.4. The SMILES string of the molecule is Cn1cc(-c2cnn3c(N)c(Br)c([C@@H]4CCCN(CCCCCO[C@H]5CC[C@H]6[C@@H]7CCc8cc(O)ccc8[C@H]7CC[C@]56C)C4)nc23)cn1. The summed E-state index contributed by atoms with van der Waals surface area (Å²) in [5.41, 5.74) is 13.6. The summed E-state index contributed by atoms with van der Waals surface area (Å²) in [7, 11) is 1.92. The summed E-state index contributed by atoms with van der Waals surface area (Å²) in [6.07, 6.45) is 19.3. The summed E-state index contributed by atoms with van der Waals surface area (Å²) in [5.74, 6) is 3.53. The Morgan fingerprint density at radius 3 is 2.83 bits per heavy atom. The monoisotopic (exact) mass is 715 g/mol. The van der Waals surface area contributed by atoms with Crippen LogP contribution in [0.4, 0.5) is 5.82 Å². The van der Waals surface area contributed by atoms with Crippen LogP contribution in [-0.2, 0) is 18.2 Å². The predicted molar refractivity (Wildman–Crippen MR) is 192 cm³/mol. The van der Waals surface area contributed by atoms with Crippen molar-refractivity contribution in [2.45, 2.75) is 95.5 Å².